The Balaban J connectivity index is 2.13. The molecule has 2 heterocycles. The highest BCUT2D eigenvalue weighted by Crippen LogP contribution is 2.25. The first-order valence-electron chi connectivity index (χ1n) is 6.24. The van der Waals surface area contributed by atoms with E-state index in [-0.39, 0.29) is 5.56 Å². The lowest BCUT2D eigenvalue weighted by Gasteiger charge is -2.33. The standard InChI is InChI=1S/C13H17FN2O3/c1-19-8-9-2-4-16(5-3-9)12-11(13(17)18)6-10(14)7-15-12/h6-7,9H,2-5,8H2,1H3,(H,17,18). The summed E-state index contributed by atoms with van der Waals surface area (Å²) in [7, 11) is 1.68. The zero-order valence-electron chi connectivity index (χ0n) is 10.8. The molecule has 19 heavy (non-hydrogen) atoms. The third-order valence-corrected chi connectivity index (χ3v) is 3.38. The Morgan fingerprint density at radius 2 is 2.26 bits per heavy atom. The largest absolute Gasteiger partial charge is 0.478 e. The molecule has 1 aromatic heterocycles. The quantitative estimate of drug-likeness (QED) is 0.902. The van der Waals surface area contributed by atoms with Crippen molar-refractivity contribution in [3.63, 3.8) is 0 Å². The van der Waals surface area contributed by atoms with Crippen LogP contribution in [0.15, 0.2) is 12.3 Å². The maximum absolute atomic E-state index is 13.1. The molecule has 5 nitrogen and oxygen atoms in total. The molecule has 0 bridgehead atoms. The molecule has 1 aliphatic rings. The van der Waals surface area contributed by atoms with Crippen molar-refractivity contribution in [2.24, 2.45) is 5.92 Å². The van der Waals surface area contributed by atoms with Gasteiger partial charge < -0.3 is 14.7 Å². The highest BCUT2D eigenvalue weighted by atomic mass is 19.1. The number of hydrogen-bond donors (Lipinski definition) is 1. The number of aromatic nitrogens is 1. The number of pyridine rings is 1. The van der Waals surface area contributed by atoms with Crippen LogP contribution in [0.1, 0.15) is 23.2 Å². The SMILES string of the molecule is COCC1CCN(c2ncc(F)cc2C(=O)O)CC1. The van der Waals surface area contributed by atoms with Crippen LogP contribution in [0.4, 0.5) is 10.2 Å². The molecule has 1 N–H and O–H groups in total. The molecule has 1 saturated heterocycles. The van der Waals surface area contributed by atoms with Crippen LogP contribution in [0.3, 0.4) is 0 Å². The van der Waals surface area contributed by atoms with E-state index in [1.54, 1.807) is 7.11 Å². The summed E-state index contributed by atoms with van der Waals surface area (Å²) in [4.78, 5) is 17.0. The van der Waals surface area contributed by atoms with Gasteiger partial charge in [0.05, 0.1) is 6.20 Å². The van der Waals surface area contributed by atoms with Gasteiger partial charge in [0.25, 0.3) is 0 Å². The summed E-state index contributed by atoms with van der Waals surface area (Å²) in [6.07, 6.45) is 2.90. The van der Waals surface area contributed by atoms with E-state index in [0.29, 0.717) is 24.8 Å². The van der Waals surface area contributed by atoms with Crippen LogP contribution < -0.4 is 4.90 Å². The Morgan fingerprint density at radius 1 is 1.58 bits per heavy atom. The molecule has 1 aromatic rings. The number of methoxy groups -OCH3 is 1. The fourth-order valence-corrected chi connectivity index (χ4v) is 2.39. The van der Waals surface area contributed by atoms with Crippen molar-refractivity contribution in [3.05, 3.63) is 23.6 Å². The van der Waals surface area contributed by atoms with E-state index < -0.39 is 11.8 Å². The maximum Gasteiger partial charge on any atom is 0.339 e. The molecule has 0 spiro atoms. The van der Waals surface area contributed by atoms with E-state index in [1.807, 2.05) is 4.90 Å². The monoisotopic (exact) mass is 268 g/mol. The third kappa shape index (κ3) is 3.20. The number of halogens is 1. The fraction of sp³-hybridized carbons (Fsp3) is 0.538. The van der Waals surface area contributed by atoms with Gasteiger partial charge in [0.2, 0.25) is 0 Å². The molecule has 0 saturated carbocycles. The highest BCUT2D eigenvalue weighted by molar-refractivity contribution is 5.93. The van der Waals surface area contributed by atoms with E-state index >= 15 is 0 Å². The number of anilines is 1. The number of aromatic carboxylic acids is 1. The number of piperidine rings is 1. The van der Waals surface area contributed by atoms with Gasteiger partial charge in [-0.1, -0.05) is 0 Å². The smallest absolute Gasteiger partial charge is 0.339 e. The summed E-state index contributed by atoms with van der Waals surface area (Å²) in [5.74, 6) is -0.934. The number of ether oxygens (including phenoxy) is 1. The minimum atomic E-state index is -1.15. The predicted molar refractivity (Wildman–Crippen MR) is 68.0 cm³/mol. The second kappa shape index (κ2) is 5.97. The number of nitrogens with zero attached hydrogens (tertiary/aromatic N) is 2. The van der Waals surface area contributed by atoms with Crippen LogP contribution in [0.25, 0.3) is 0 Å². The first-order valence-corrected chi connectivity index (χ1v) is 6.24. The lowest BCUT2D eigenvalue weighted by Crippen LogP contribution is -2.36. The van der Waals surface area contributed by atoms with Gasteiger partial charge in [0.15, 0.2) is 0 Å². The highest BCUT2D eigenvalue weighted by Gasteiger charge is 2.24. The van der Waals surface area contributed by atoms with E-state index in [4.69, 9.17) is 9.84 Å². The van der Waals surface area contributed by atoms with E-state index in [9.17, 15) is 9.18 Å². The summed E-state index contributed by atoms with van der Waals surface area (Å²) in [5.41, 5.74) is -0.0785. The average molecular weight is 268 g/mol. The van der Waals surface area contributed by atoms with Gasteiger partial charge in [-0.05, 0) is 24.8 Å². The van der Waals surface area contributed by atoms with E-state index in [1.165, 1.54) is 0 Å². The zero-order chi connectivity index (χ0) is 13.8. The van der Waals surface area contributed by atoms with Crippen molar-refractivity contribution in [1.29, 1.82) is 0 Å². The van der Waals surface area contributed by atoms with E-state index in [2.05, 4.69) is 4.98 Å². The Bertz CT molecular complexity index is 459. The Hall–Kier alpha value is -1.69. The van der Waals surface area contributed by atoms with Crippen molar-refractivity contribution < 1.29 is 19.0 Å². The summed E-state index contributed by atoms with van der Waals surface area (Å²) < 4.78 is 18.2. The molecule has 0 amide bonds. The van der Waals surface area contributed by atoms with Crippen LogP contribution >= 0.6 is 0 Å². The van der Waals surface area contributed by atoms with Gasteiger partial charge in [-0.25, -0.2) is 14.2 Å². The van der Waals surface area contributed by atoms with E-state index in [0.717, 1.165) is 31.7 Å². The average Bonchev–Trinajstić information content (AvgIpc) is 2.40. The summed E-state index contributed by atoms with van der Waals surface area (Å²) in [5, 5.41) is 9.10. The number of hydrogen-bond acceptors (Lipinski definition) is 4. The molecule has 104 valence electrons. The molecule has 1 fully saturated rings. The molecule has 0 atom stereocenters. The normalized spacial score (nSPS) is 16.6. The molecular weight excluding hydrogens is 251 g/mol. The van der Waals surface area contributed by atoms with Crippen LogP contribution in [-0.2, 0) is 4.74 Å². The molecular formula is C13H17FN2O3. The first-order chi connectivity index (χ1) is 9.11. The van der Waals surface area contributed by atoms with Gasteiger partial charge in [0.1, 0.15) is 17.2 Å². The minimum absolute atomic E-state index is 0.0785. The van der Waals surface area contributed by atoms with Crippen molar-refractivity contribution in [2.75, 3.05) is 31.7 Å². The molecule has 0 unspecified atom stereocenters. The Kier molecular flexibility index (Phi) is 4.31. The van der Waals surface area contributed by atoms with Crippen molar-refractivity contribution >= 4 is 11.8 Å². The first kappa shape index (κ1) is 13.7. The van der Waals surface area contributed by atoms with Crippen LogP contribution in [-0.4, -0.2) is 42.9 Å². The number of carboxylic acid groups (broad SMARTS) is 1. The summed E-state index contributed by atoms with van der Waals surface area (Å²) in [6, 6.07) is 1.02. The Labute approximate surface area is 111 Å². The molecule has 6 heteroatoms. The minimum Gasteiger partial charge on any atom is -0.478 e. The third-order valence-electron chi connectivity index (χ3n) is 3.38. The lowest BCUT2D eigenvalue weighted by atomic mass is 9.97. The maximum atomic E-state index is 13.1. The molecule has 0 aliphatic carbocycles. The lowest BCUT2D eigenvalue weighted by molar-refractivity contribution is 0.0696. The second-order valence-electron chi connectivity index (χ2n) is 4.72. The van der Waals surface area contributed by atoms with Gasteiger partial charge in [-0.15, -0.1) is 0 Å². The van der Waals surface area contributed by atoms with Gasteiger partial charge in [-0.3, -0.25) is 0 Å². The molecule has 1 aliphatic heterocycles. The van der Waals surface area contributed by atoms with Gasteiger partial charge >= 0.3 is 5.97 Å². The van der Waals surface area contributed by atoms with Crippen molar-refractivity contribution in [2.45, 2.75) is 12.8 Å². The zero-order valence-corrected chi connectivity index (χ0v) is 10.8. The molecule has 0 aromatic carbocycles. The number of carbonyl (C=O) groups is 1. The molecule has 2 rings (SSSR count). The Morgan fingerprint density at radius 3 is 2.84 bits per heavy atom. The van der Waals surface area contributed by atoms with Crippen LogP contribution in [0.2, 0.25) is 0 Å². The van der Waals surface area contributed by atoms with Crippen LogP contribution in [0.5, 0.6) is 0 Å². The number of carboxylic acids is 1. The number of rotatable bonds is 4. The van der Waals surface area contributed by atoms with Gasteiger partial charge in [0, 0.05) is 26.8 Å². The van der Waals surface area contributed by atoms with Gasteiger partial charge in [-0.2, -0.15) is 0 Å². The second-order valence-corrected chi connectivity index (χ2v) is 4.72. The molecule has 0 radical (unpaired) electrons. The van der Waals surface area contributed by atoms with Crippen molar-refractivity contribution in [3.8, 4) is 0 Å². The van der Waals surface area contributed by atoms with Crippen LogP contribution in [0, 0.1) is 11.7 Å². The topological polar surface area (TPSA) is 62.7 Å². The predicted octanol–water partition coefficient (Wildman–Crippen LogP) is 1.78. The summed E-state index contributed by atoms with van der Waals surface area (Å²) >= 11 is 0. The fourth-order valence-electron chi connectivity index (χ4n) is 2.39. The van der Waals surface area contributed by atoms with Crippen molar-refractivity contribution in [1.82, 2.24) is 4.98 Å². The summed E-state index contributed by atoms with van der Waals surface area (Å²) in [6.45, 7) is 2.15.